The number of halogens is 5. The van der Waals surface area contributed by atoms with Crippen molar-refractivity contribution in [2.45, 2.75) is 116 Å². The molecule has 4 aliphatic rings. The molecule has 0 atom stereocenters. The van der Waals surface area contributed by atoms with E-state index in [-0.39, 0.29) is 53.5 Å². The number of benzene rings is 4. The van der Waals surface area contributed by atoms with Crippen molar-refractivity contribution in [1.29, 1.82) is 0 Å². The maximum absolute atomic E-state index is 11.4. The Morgan fingerprint density at radius 3 is 1.14 bits per heavy atom. The van der Waals surface area contributed by atoms with Crippen LogP contribution in [-0.4, -0.2) is 196 Å². The molecule has 4 aliphatic heterocycles. The van der Waals surface area contributed by atoms with Gasteiger partial charge in [-0.1, -0.05) is 136 Å². The minimum absolute atomic E-state index is 0.0432. The molecule has 7 N–H and O–H groups in total. The van der Waals surface area contributed by atoms with Gasteiger partial charge in [0.1, 0.15) is 11.4 Å². The summed E-state index contributed by atoms with van der Waals surface area (Å²) in [5.41, 5.74) is 19.7. The second kappa shape index (κ2) is 41.1. The van der Waals surface area contributed by atoms with Gasteiger partial charge in [-0.25, -0.2) is 0 Å². The van der Waals surface area contributed by atoms with Crippen LogP contribution in [0.25, 0.3) is 0 Å². The first-order valence-corrected chi connectivity index (χ1v) is 34.6. The predicted molar refractivity (Wildman–Crippen MR) is 390 cm³/mol. The summed E-state index contributed by atoms with van der Waals surface area (Å²) < 4.78 is 22.2. The molecule has 93 heavy (non-hydrogen) atoms. The third-order valence-corrected chi connectivity index (χ3v) is 16.8. The van der Waals surface area contributed by atoms with Gasteiger partial charge in [-0.15, -0.1) is 0 Å². The minimum atomic E-state index is -0.750. The lowest BCUT2D eigenvalue weighted by atomic mass is 9.86. The number of nitro benzene ring substituents is 3. The van der Waals surface area contributed by atoms with Crippen LogP contribution in [0.3, 0.4) is 0 Å². The Morgan fingerprint density at radius 1 is 0.473 bits per heavy atom. The van der Waals surface area contributed by atoms with E-state index in [9.17, 15) is 30.3 Å². The van der Waals surface area contributed by atoms with Gasteiger partial charge in [0.25, 0.3) is 17.1 Å². The van der Waals surface area contributed by atoms with Gasteiger partial charge in [0, 0.05) is 137 Å². The highest BCUT2D eigenvalue weighted by atomic mass is 79.9. The third-order valence-electron chi connectivity index (χ3n) is 15.5. The smallest absolute Gasteiger partial charge is 0.293 e. The first-order valence-electron chi connectivity index (χ1n) is 31.7. The molecule has 0 radical (unpaired) electrons. The molecule has 0 saturated carbocycles. The second-order valence-corrected chi connectivity index (χ2v) is 30.6. The molecule has 4 aromatic carbocycles. The minimum Gasteiger partial charge on any atom is -0.397 e. The number of ether oxygens (including phenoxy) is 4. The first-order chi connectivity index (χ1) is 43.5. The fourth-order valence-corrected chi connectivity index (χ4v) is 10.9. The highest BCUT2D eigenvalue weighted by Gasteiger charge is 2.26. The quantitative estimate of drug-likeness (QED) is 0.0285. The van der Waals surface area contributed by atoms with Gasteiger partial charge < -0.3 is 46.4 Å². The van der Waals surface area contributed by atoms with Gasteiger partial charge in [0.15, 0.2) is 4.30 Å². The summed E-state index contributed by atoms with van der Waals surface area (Å²) in [6.45, 7) is 47.8. The van der Waals surface area contributed by atoms with Crippen molar-refractivity contribution in [1.82, 2.24) is 19.6 Å². The fraction of sp³-hybridized carbons (Fsp3) is 0.636. The van der Waals surface area contributed by atoms with E-state index in [0.29, 0.717) is 30.0 Å². The number of rotatable bonds is 17. The number of anilines is 4. The third kappa shape index (κ3) is 31.7. The molecular weight excluding hydrogens is 1390 g/mol. The van der Waals surface area contributed by atoms with E-state index >= 15 is 0 Å². The number of nitrogens with two attached hydrogens (primary N) is 2. The Balaban J connectivity index is 0.000000306. The highest BCUT2D eigenvalue weighted by Crippen LogP contribution is 2.39. The molecule has 27 heteroatoms. The van der Waals surface area contributed by atoms with Crippen LogP contribution < -0.4 is 27.4 Å². The lowest BCUT2D eigenvalue weighted by molar-refractivity contribution is -0.385. The summed E-state index contributed by atoms with van der Waals surface area (Å²) in [6.07, 6.45) is 0. The molecule has 22 nitrogen and oxygen atoms in total. The van der Waals surface area contributed by atoms with Gasteiger partial charge >= 0.3 is 0 Å². The van der Waals surface area contributed by atoms with Crippen molar-refractivity contribution < 1.29 is 33.7 Å². The van der Waals surface area contributed by atoms with E-state index < -0.39 is 4.30 Å². The summed E-state index contributed by atoms with van der Waals surface area (Å²) in [4.78, 5) is 41.8. The molecular formula is C66H105Br2Cl3N12O10. The molecule has 4 saturated heterocycles. The van der Waals surface area contributed by atoms with Gasteiger partial charge in [-0.05, 0) is 107 Å². The Kier molecular flexibility index (Phi) is 36.7. The normalized spacial score (nSPS) is 16.0. The average molecular weight is 1490 g/mol. The molecule has 0 spiro atoms. The van der Waals surface area contributed by atoms with Crippen molar-refractivity contribution in [3.63, 3.8) is 0 Å². The van der Waals surface area contributed by atoms with Crippen LogP contribution >= 0.6 is 66.7 Å². The zero-order valence-electron chi connectivity index (χ0n) is 57.1. The SMILES string of the molecule is CC(C)(C)c1cc(Br)c(NCCN2CCOCC2)c([N+](=O)[O-])c1.CC(C)(C)c1cc(N)c(NCCN2CCOCC2)c(Br)c1.CC(C)(C)c1ccc(NCCN2CCOCC2)c([N+](=O)[O-])c1.Cc1ccc(C(C)(C)C)cc1[N+](=O)[O-].ClC(Cl)Cl.NCCN1CCOCC1. The zero-order chi connectivity index (χ0) is 69.7. The summed E-state index contributed by atoms with van der Waals surface area (Å²) in [5, 5.41) is 43.3. The largest absolute Gasteiger partial charge is 0.397 e. The van der Waals surface area contributed by atoms with E-state index in [4.69, 9.17) is 65.2 Å². The summed E-state index contributed by atoms with van der Waals surface area (Å²) in [7, 11) is 0. The number of nitro groups is 3. The summed E-state index contributed by atoms with van der Waals surface area (Å²) >= 11 is 21.5. The molecule has 8 rings (SSSR count). The van der Waals surface area contributed by atoms with Crippen LogP contribution in [0.2, 0.25) is 0 Å². The predicted octanol–water partition coefficient (Wildman–Crippen LogP) is 13.6. The van der Waals surface area contributed by atoms with Gasteiger partial charge in [-0.3, -0.25) is 49.9 Å². The molecule has 524 valence electrons. The molecule has 4 heterocycles. The van der Waals surface area contributed by atoms with Crippen LogP contribution in [0.5, 0.6) is 0 Å². The summed E-state index contributed by atoms with van der Waals surface area (Å²) in [5.74, 6) is 0. The standard InChI is InChI=1S/C16H24BrN3O3.C16H26BrN3O.C16H25N3O3.C11H15NO2.C6H14N2O.CHCl3/c1-16(2,3)12-10-13(17)15(14(11-12)20(21)22)18-4-5-19-6-8-23-9-7-19;1-16(2,3)12-10-13(17)15(14(18)11-12)19-4-5-20-6-8-21-9-7-20;1-16(2,3)13-4-5-14(15(12-13)19(20)21)17-6-7-18-8-10-22-11-9-18;1-8-5-6-9(11(2,3)4)7-10(8)12(13)14;7-1-2-8-3-5-9-6-4-8;2-1(3)4/h10-11,18H,4-9H2,1-3H3;10-11,19H,4-9,18H2,1-3H3;4-5,12,17H,6-11H2,1-3H3;5-7H,1-4H3;1-7H2;1H. The number of morpholine rings is 4. The molecule has 0 unspecified atom stereocenters. The van der Waals surface area contributed by atoms with E-state index in [1.807, 2.05) is 65.8 Å². The lowest BCUT2D eigenvalue weighted by Crippen LogP contribution is -2.39. The zero-order valence-corrected chi connectivity index (χ0v) is 62.5. The van der Waals surface area contributed by atoms with Crippen LogP contribution in [0, 0.1) is 37.3 Å². The Hall–Kier alpha value is -4.25. The average Bonchev–Trinajstić information content (AvgIpc) is 0.879. The van der Waals surface area contributed by atoms with Crippen molar-refractivity contribution in [3.05, 3.63) is 128 Å². The molecule has 4 fully saturated rings. The number of alkyl halides is 3. The number of nitrogens with zero attached hydrogens (tertiary/aromatic N) is 7. The Labute approximate surface area is 584 Å². The van der Waals surface area contributed by atoms with E-state index in [0.717, 1.165) is 181 Å². The summed E-state index contributed by atoms with van der Waals surface area (Å²) in [6, 6.07) is 18.7. The maximum atomic E-state index is 11.4. The van der Waals surface area contributed by atoms with E-state index in [2.05, 4.69) is 121 Å². The number of hydrogen-bond acceptors (Lipinski definition) is 19. The van der Waals surface area contributed by atoms with Crippen LogP contribution in [-0.2, 0) is 40.6 Å². The second-order valence-electron chi connectivity index (χ2n) is 26.9. The van der Waals surface area contributed by atoms with Crippen molar-refractivity contribution in [3.8, 4) is 0 Å². The molecule has 0 amide bonds. The molecule has 0 aromatic heterocycles. The topological polar surface area (TPSA) is 267 Å². The van der Waals surface area contributed by atoms with Gasteiger partial charge in [0.05, 0.1) is 79.0 Å². The monoisotopic (exact) mass is 1490 g/mol. The van der Waals surface area contributed by atoms with Crippen LogP contribution in [0.4, 0.5) is 39.8 Å². The van der Waals surface area contributed by atoms with Crippen molar-refractivity contribution >= 4 is 106 Å². The first kappa shape index (κ1) is 83.0. The maximum Gasteiger partial charge on any atom is 0.293 e. The number of hydrogen-bond donors (Lipinski definition) is 5. The molecule has 4 aromatic rings. The van der Waals surface area contributed by atoms with Crippen molar-refractivity contribution in [2.24, 2.45) is 5.73 Å². The number of aryl methyl sites for hydroxylation is 1. The fourth-order valence-electron chi connectivity index (χ4n) is 9.67. The number of nitrogens with one attached hydrogen (secondary N) is 3. The Bertz CT molecular complexity index is 2880. The molecule has 0 bridgehead atoms. The Morgan fingerprint density at radius 2 is 0.785 bits per heavy atom. The van der Waals surface area contributed by atoms with E-state index in [1.165, 1.54) is 5.56 Å². The van der Waals surface area contributed by atoms with E-state index in [1.54, 1.807) is 31.2 Å². The van der Waals surface area contributed by atoms with Crippen molar-refractivity contribution in [2.75, 3.05) is 179 Å². The number of nitrogen functional groups attached to an aromatic ring is 1. The van der Waals surface area contributed by atoms with Crippen LogP contribution in [0.15, 0.2) is 69.6 Å². The molecule has 0 aliphatic carbocycles. The van der Waals surface area contributed by atoms with Gasteiger partial charge in [-0.2, -0.15) is 0 Å². The van der Waals surface area contributed by atoms with Gasteiger partial charge in [0.2, 0.25) is 0 Å². The highest BCUT2D eigenvalue weighted by molar-refractivity contribution is 9.11. The lowest BCUT2D eigenvalue weighted by Gasteiger charge is -2.27. The van der Waals surface area contributed by atoms with Crippen LogP contribution in [0.1, 0.15) is 111 Å².